The molecule has 0 radical (unpaired) electrons. The van der Waals surface area contributed by atoms with Crippen molar-refractivity contribution in [1.82, 2.24) is 9.78 Å². The van der Waals surface area contributed by atoms with Crippen molar-refractivity contribution in [1.29, 1.82) is 0 Å². The summed E-state index contributed by atoms with van der Waals surface area (Å²) in [5.74, 6) is -0.346. The number of aromatic nitrogens is 2. The van der Waals surface area contributed by atoms with Crippen molar-refractivity contribution in [2.75, 3.05) is 0 Å². The normalized spacial score (nSPS) is 16.0. The van der Waals surface area contributed by atoms with Gasteiger partial charge in [-0.05, 0) is 59.6 Å². The van der Waals surface area contributed by atoms with Gasteiger partial charge in [0.1, 0.15) is 5.69 Å². The second-order valence-corrected chi connectivity index (χ2v) is 9.42. The second kappa shape index (κ2) is 7.51. The number of aryl methyl sites for hydroxylation is 1. The summed E-state index contributed by atoms with van der Waals surface area (Å²) >= 11 is 0. The lowest BCUT2D eigenvalue weighted by molar-refractivity contribution is 0.151. The van der Waals surface area contributed by atoms with Crippen molar-refractivity contribution in [2.24, 2.45) is 0 Å². The highest BCUT2D eigenvalue weighted by atomic mass is 19.1. The predicted molar refractivity (Wildman–Crippen MR) is 120 cm³/mol. The smallest absolute Gasteiger partial charge is 0.151 e. The molecular weight excluding hydrogens is 375 g/mol. The lowest BCUT2D eigenvalue weighted by atomic mass is 9.87. The van der Waals surface area contributed by atoms with Gasteiger partial charge in [-0.2, -0.15) is 5.10 Å². The van der Waals surface area contributed by atoms with Gasteiger partial charge in [0.05, 0.1) is 12.1 Å². The van der Waals surface area contributed by atoms with Gasteiger partial charge in [0.2, 0.25) is 0 Å². The molecule has 1 N–H and O–H groups in total. The largest absolute Gasteiger partial charge is 0.385 e. The minimum Gasteiger partial charge on any atom is -0.385 e. The van der Waals surface area contributed by atoms with Crippen LogP contribution in [0.1, 0.15) is 67.3 Å². The minimum absolute atomic E-state index is 0.0726. The Bertz CT molecular complexity index is 1080. The summed E-state index contributed by atoms with van der Waals surface area (Å²) in [6, 6.07) is 17.7. The Kier molecular flexibility index (Phi) is 5.15. The van der Waals surface area contributed by atoms with E-state index >= 15 is 0 Å². The van der Waals surface area contributed by atoms with Crippen LogP contribution in [0.5, 0.6) is 0 Å². The number of hydrogen-bond acceptors (Lipinski definition) is 2. The van der Waals surface area contributed by atoms with Crippen LogP contribution in [-0.2, 0) is 17.6 Å². The number of rotatable bonds is 5. The molecule has 3 nitrogen and oxygen atoms in total. The summed E-state index contributed by atoms with van der Waals surface area (Å²) in [7, 11) is 0. The van der Waals surface area contributed by atoms with Crippen LogP contribution in [0.4, 0.5) is 4.39 Å². The Hall–Kier alpha value is -2.72. The van der Waals surface area contributed by atoms with Crippen LogP contribution in [0.25, 0.3) is 11.9 Å². The van der Waals surface area contributed by atoms with Gasteiger partial charge in [0.25, 0.3) is 0 Å². The Morgan fingerprint density at radius 1 is 1.13 bits per heavy atom. The summed E-state index contributed by atoms with van der Waals surface area (Å²) in [4.78, 5) is 0. The quantitative estimate of drug-likeness (QED) is 0.567. The van der Waals surface area contributed by atoms with Crippen LogP contribution in [0.3, 0.4) is 0 Å². The van der Waals surface area contributed by atoms with E-state index in [-0.39, 0.29) is 11.2 Å². The van der Waals surface area contributed by atoms with E-state index in [4.69, 9.17) is 0 Å². The van der Waals surface area contributed by atoms with Crippen molar-refractivity contribution in [3.05, 3.63) is 88.2 Å². The van der Waals surface area contributed by atoms with Crippen molar-refractivity contribution < 1.29 is 9.50 Å². The molecule has 1 fully saturated rings. The average molecular weight is 405 g/mol. The number of benzene rings is 2. The Morgan fingerprint density at radius 3 is 2.47 bits per heavy atom. The standard InChI is InChI=1S/C26H29FN2O/c1-18-14-24(23(27)16-19-8-10-21(11-9-19)25(2,3)4)28-29(18)17-20-6-5-7-22(15-20)26(30)12-13-26/h5-11,14-16,30H,12-13,17H2,1-4H3. The average Bonchev–Trinajstić information content (AvgIpc) is 3.35. The van der Waals surface area contributed by atoms with E-state index in [9.17, 15) is 9.50 Å². The van der Waals surface area contributed by atoms with Gasteiger partial charge in [0.15, 0.2) is 5.83 Å². The van der Waals surface area contributed by atoms with Gasteiger partial charge in [0, 0.05) is 5.69 Å². The van der Waals surface area contributed by atoms with E-state index in [1.165, 1.54) is 11.6 Å². The first kappa shape index (κ1) is 20.5. The number of hydrogen-bond donors (Lipinski definition) is 1. The van der Waals surface area contributed by atoms with Crippen molar-refractivity contribution in [2.45, 2.75) is 58.1 Å². The Morgan fingerprint density at radius 2 is 1.83 bits per heavy atom. The molecule has 30 heavy (non-hydrogen) atoms. The lowest BCUT2D eigenvalue weighted by Gasteiger charge is -2.18. The molecule has 1 aromatic heterocycles. The van der Waals surface area contributed by atoms with Crippen molar-refractivity contribution in [3.63, 3.8) is 0 Å². The first-order valence-corrected chi connectivity index (χ1v) is 10.5. The van der Waals surface area contributed by atoms with Gasteiger partial charge in [-0.25, -0.2) is 4.39 Å². The number of nitrogens with zero attached hydrogens (tertiary/aromatic N) is 2. The van der Waals surface area contributed by atoms with E-state index in [1.807, 2.05) is 60.1 Å². The third kappa shape index (κ3) is 4.39. The SMILES string of the molecule is Cc1cc(C(F)=Cc2ccc(C(C)(C)C)cc2)nn1Cc1cccc(C2(O)CC2)c1. The Labute approximate surface area is 177 Å². The molecule has 4 heteroatoms. The number of aliphatic hydroxyl groups is 1. The molecule has 4 rings (SSSR count). The van der Waals surface area contributed by atoms with Crippen LogP contribution in [0.2, 0.25) is 0 Å². The molecule has 1 saturated carbocycles. The molecule has 1 heterocycles. The summed E-state index contributed by atoms with van der Waals surface area (Å²) < 4.78 is 16.7. The highest BCUT2D eigenvalue weighted by Gasteiger charge is 2.42. The molecule has 0 amide bonds. The highest BCUT2D eigenvalue weighted by molar-refractivity contribution is 5.75. The monoisotopic (exact) mass is 404 g/mol. The lowest BCUT2D eigenvalue weighted by Crippen LogP contribution is -2.10. The summed E-state index contributed by atoms with van der Waals surface area (Å²) in [5, 5.41) is 14.8. The summed E-state index contributed by atoms with van der Waals surface area (Å²) in [6.07, 6.45) is 3.16. The molecule has 0 saturated heterocycles. The third-order valence-corrected chi connectivity index (χ3v) is 5.82. The zero-order valence-corrected chi connectivity index (χ0v) is 18.1. The molecular formula is C26H29FN2O. The molecule has 156 valence electrons. The molecule has 1 aliphatic carbocycles. The van der Waals surface area contributed by atoms with Gasteiger partial charge in [-0.15, -0.1) is 0 Å². The Balaban J connectivity index is 1.53. The van der Waals surface area contributed by atoms with Crippen LogP contribution < -0.4 is 0 Å². The third-order valence-electron chi connectivity index (χ3n) is 5.82. The van der Waals surface area contributed by atoms with Gasteiger partial charge in [-0.1, -0.05) is 69.3 Å². The molecule has 1 aliphatic rings. The zero-order valence-electron chi connectivity index (χ0n) is 18.1. The molecule has 0 bridgehead atoms. The number of halogens is 1. The van der Waals surface area contributed by atoms with E-state index in [0.717, 1.165) is 35.2 Å². The van der Waals surface area contributed by atoms with Gasteiger partial charge < -0.3 is 5.11 Å². The van der Waals surface area contributed by atoms with E-state index in [2.05, 4.69) is 25.9 Å². The predicted octanol–water partition coefficient (Wildman–Crippen LogP) is 5.99. The fourth-order valence-electron chi connectivity index (χ4n) is 3.63. The summed E-state index contributed by atoms with van der Waals surface area (Å²) in [6.45, 7) is 8.96. The van der Waals surface area contributed by atoms with Crippen molar-refractivity contribution in [3.8, 4) is 0 Å². The molecule has 3 aromatic rings. The van der Waals surface area contributed by atoms with Gasteiger partial charge >= 0.3 is 0 Å². The summed E-state index contributed by atoms with van der Waals surface area (Å²) in [5.41, 5.74) is 4.69. The molecule has 0 spiro atoms. The molecule has 0 atom stereocenters. The fraction of sp³-hybridized carbons (Fsp3) is 0.346. The van der Waals surface area contributed by atoms with Crippen molar-refractivity contribution >= 4 is 11.9 Å². The molecule has 0 aliphatic heterocycles. The van der Waals surface area contributed by atoms with Crippen LogP contribution in [0.15, 0.2) is 54.6 Å². The van der Waals surface area contributed by atoms with E-state index in [1.54, 1.807) is 6.07 Å². The first-order chi connectivity index (χ1) is 14.1. The zero-order chi connectivity index (χ0) is 21.5. The minimum atomic E-state index is -0.655. The van der Waals surface area contributed by atoms with E-state index in [0.29, 0.717) is 12.2 Å². The molecule has 2 aromatic carbocycles. The maximum atomic E-state index is 14.9. The highest BCUT2D eigenvalue weighted by Crippen LogP contribution is 2.45. The van der Waals surface area contributed by atoms with E-state index < -0.39 is 5.60 Å². The maximum absolute atomic E-state index is 14.9. The first-order valence-electron chi connectivity index (χ1n) is 10.5. The molecule has 0 unspecified atom stereocenters. The van der Waals surface area contributed by atoms with Crippen LogP contribution >= 0.6 is 0 Å². The van der Waals surface area contributed by atoms with Crippen LogP contribution in [-0.4, -0.2) is 14.9 Å². The van der Waals surface area contributed by atoms with Gasteiger partial charge in [-0.3, -0.25) is 4.68 Å². The second-order valence-electron chi connectivity index (χ2n) is 9.42. The van der Waals surface area contributed by atoms with Crippen LogP contribution in [0, 0.1) is 6.92 Å². The fourth-order valence-corrected chi connectivity index (χ4v) is 3.63. The maximum Gasteiger partial charge on any atom is 0.151 e. The topological polar surface area (TPSA) is 38.0 Å².